The minimum absolute atomic E-state index is 0.0558. The fourth-order valence-corrected chi connectivity index (χ4v) is 2.96. The van der Waals surface area contributed by atoms with E-state index in [1.165, 1.54) is 6.08 Å². The molecular weight excluding hydrogens is 393 g/mol. The second kappa shape index (κ2) is 9.09. The Bertz CT molecular complexity index is 1040. The van der Waals surface area contributed by atoms with Crippen LogP contribution >= 0.6 is 23.2 Å². The molecule has 0 aliphatic carbocycles. The fraction of sp³-hybridized carbons (Fsp3) is 0. The van der Waals surface area contributed by atoms with E-state index in [2.05, 4.69) is 10.6 Å². The van der Waals surface area contributed by atoms with Gasteiger partial charge >= 0.3 is 0 Å². The summed E-state index contributed by atoms with van der Waals surface area (Å²) in [5, 5.41) is 15.8. The first-order valence-electron chi connectivity index (χ1n) is 8.36. The molecule has 0 saturated heterocycles. The highest BCUT2D eigenvalue weighted by atomic mass is 35.5. The maximum absolute atomic E-state index is 12.4. The van der Waals surface area contributed by atoms with E-state index in [4.69, 9.17) is 23.2 Å². The predicted molar refractivity (Wildman–Crippen MR) is 115 cm³/mol. The van der Waals surface area contributed by atoms with E-state index in [1.807, 2.05) is 60.7 Å². The van der Waals surface area contributed by atoms with Crippen LogP contribution in [0.5, 0.6) is 0 Å². The molecule has 4 nitrogen and oxygen atoms in total. The molecule has 0 aromatic heterocycles. The summed E-state index contributed by atoms with van der Waals surface area (Å²) in [5.74, 6) is -0.580. The molecule has 3 aromatic carbocycles. The number of rotatable bonds is 5. The van der Waals surface area contributed by atoms with Crippen LogP contribution in [0.2, 0.25) is 10.0 Å². The Hall–Kier alpha value is -3.26. The topological polar surface area (TPSA) is 64.9 Å². The van der Waals surface area contributed by atoms with E-state index in [0.717, 1.165) is 16.9 Å². The van der Waals surface area contributed by atoms with Crippen LogP contribution in [-0.4, -0.2) is 5.91 Å². The average molecular weight is 408 g/mol. The van der Waals surface area contributed by atoms with Crippen LogP contribution in [-0.2, 0) is 4.79 Å². The smallest absolute Gasteiger partial charge is 0.266 e. The van der Waals surface area contributed by atoms with Crippen molar-refractivity contribution in [2.24, 2.45) is 0 Å². The van der Waals surface area contributed by atoms with Gasteiger partial charge < -0.3 is 10.6 Å². The Labute approximate surface area is 173 Å². The highest BCUT2D eigenvalue weighted by Crippen LogP contribution is 2.30. The third kappa shape index (κ3) is 4.92. The number of anilines is 3. The van der Waals surface area contributed by atoms with E-state index in [1.54, 1.807) is 18.2 Å². The molecule has 3 rings (SSSR count). The molecule has 0 bridgehead atoms. The molecule has 3 aromatic rings. The molecule has 0 fully saturated rings. The highest BCUT2D eigenvalue weighted by Gasteiger charge is 2.13. The Morgan fingerprint density at radius 1 is 0.857 bits per heavy atom. The Morgan fingerprint density at radius 3 is 2.07 bits per heavy atom. The van der Waals surface area contributed by atoms with Gasteiger partial charge in [0.2, 0.25) is 0 Å². The van der Waals surface area contributed by atoms with Crippen molar-refractivity contribution in [3.8, 4) is 6.07 Å². The Balaban J connectivity index is 1.75. The van der Waals surface area contributed by atoms with Crippen LogP contribution in [0.3, 0.4) is 0 Å². The summed E-state index contributed by atoms with van der Waals surface area (Å²) >= 11 is 12.1. The van der Waals surface area contributed by atoms with Crippen LogP contribution in [0.25, 0.3) is 6.08 Å². The van der Waals surface area contributed by atoms with Gasteiger partial charge in [0.05, 0.1) is 15.7 Å². The first kappa shape index (κ1) is 19.5. The van der Waals surface area contributed by atoms with Crippen LogP contribution in [0, 0.1) is 11.3 Å². The highest BCUT2D eigenvalue weighted by molar-refractivity contribution is 6.40. The number of para-hydroxylation sites is 2. The van der Waals surface area contributed by atoms with Gasteiger partial charge in [0.15, 0.2) is 0 Å². The molecular formula is C22H15Cl2N3O. The van der Waals surface area contributed by atoms with Crippen LogP contribution < -0.4 is 10.6 Å². The van der Waals surface area contributed by atoms with Crippen LogP contribution in [0.1, 0.15) is 5.56 Å². The number of hydrogen-bond acceptors (Lipinski definition) is 3. The monoisotopic (exact) mass is 407 g/mol. The molecule has 0 radical (unpaired) electrons. The molecule has 138 valence electrons. The van der Waals surface area contributed by atoms with Crippen molar-refractivity contribution >= 4 is 52.2 Å². The van der Waals surface area contributed by atoms with E-state index < -0.39 is 5.91 Å². The Morgan fingerprint density at radius 2 is 1.46 bits per heavy atom. The van der Waals surface area contributed by atoms with Crippen molar-refractivity contribution in [3.63, 3.8) is 0 Å². The number of hydrogen-bond donors (Lipinski definition) is 2. The molecule has 0 heterocycles. The van der Waals surface area contributed by atoms with Gasteiger partial charge in [0.1, 0.15) is 11.6 Å². The third-order valence-corrected chi connectivity index (χ3v) is 4.48. The second-order valence-corrected chi connectivity index (χ2v) is 6.65. The summed E-state index contributed by atoms with van der Waals surface area (Å²) in [6.07, 6.45) is 1.51. The fourth-order valence-electron chi connectivity index (χ4n) is 2.46. The number of nitrogens with zero attached hydrogens (tertiary/aromatic N) is 1. The van der Waals surface area contributed by atoms with Gasteiger partial charge in [-0.3, -0.25) is 4.79 Å². The molecule has 0 aliphatic rings. The lowest BCUT2D eigenvalue weighted by molar-refractivity contribution is -0.112. The van der Waals surface area contributed by atoms with Gasteiger partial charge in [-0.05, 0) is 48.0 Å². The number of carbonyl (C=O) groups excluding carboxylic acids is 1. The summed E-state index contributed by atoms with van der Waals surface area (Å²) in [5.41, 5.74) is 2.81. The molecule has 28 heavy (non-hydrogen) atoms. The lowest BCUT2D eigenvalue weighted by Gasteiger charge is -2.09. The van der Waals surface area contributed by atoms with Crippen LogP contribution in [0.15, 0.2) is 78.4 Å². The van der Waals surface area contributed by atoms with Crippen molar-refractivity contribution in [2.75, 3.05) is 10.6 Å². The molecule has 6 heteroatoms. The molecule has 0 aliphatic heterocycles. The van der Waals surface area contributed by atoms with Gasteiger partial charge in [-0.25, -0.2) is 0 Å². The minimum atomic E-state index is -0.580. The zero-order valence-corrected chi connectivity index (χ0v) is 16.1. The molecule has 2 N–H and O–H groups in total. The summed E-state index contributed by atoms with van der Waals surface area (Å²) in [6, 6.07) is 23.9. The second-order valence-electron chi connectivity index (χ2n) is 5.83. The quantitative estimate of drug-likeness (QED) is 0.386. The van der Waals surface area contributed by atoms with E-state index in [-0.39, 0.29) is 11.3 Å². The van der Waals surface area contributed by atoms with E-state index >= 15 is 0 Å². The Kier molecular flexibility index (Phi) is 6.33. The zero-order valence-electron chi connectivity index (χ0n) is 14.6. The lowest BCUT2D eigenvalue weighted by atomic mass is 10.1. The standard InChI is InChI=1S/C22H15Cl2N3O/c23-19-7-4-8-20(24)21(19)27-22(28)16(14-25)13-15-9-11-18(12-10-15)26-17-5-2-1-3-6-17/h1-13,26H,(H,27,28)/b16-13+. The maximum atomic E-state index is 12.4. The summed E-state index contributed by atoms with van der Waals surface area (Å²) in [4.78, 5) is 12.4. The summed E-state index contributed by atoms with van der Waals surface area (Å²) in [6.45, 7) is 0. The van der Waals surface area contributed by atoms with Gasteiger partial charge in [-0.2, -0.15) is 5.26 Å². The van der Waals surface area contributed by atoms with Crippen molar-refractivity contribution < 1.29 is 4.79 Å². The molecule has 0 unspecified atom stereocenters. The van der Waals surface area contributed by atoms with Crippen molar-refractivity contribution in [2.45, 2.75) is 0 Å². The summed E-state index contributed by atoms with van der Waals surface area (Å²) in [7, 11) is 0. The normalized spacial score (nSPS) is 10.8. The number of nitrogens with one attached hydrogen (secondary N) is 2. The largest absolute Gasteiger partial charge is 0.356 e. The van der Waals surface area contributed by atoms with Gasteiger partial charge in [0, 0.05) is 11.4 Å². The molecule has 0 atom stereocenters. The SMILES string of the molecule is N#C/C(=C\c1ccc(Nc2ccccc2)cc1)C(=O)Nc1c(Cl)cccc1Cl. The zero-order chi connectivity index (χ0) is 19.9. The van der Waals surface area contributed by atoms with E-state index in [9.17, 15) is 10.1 Å². The number of halogens is 2. The van der Waals surface area contributed by atoms with Gasteiger partial charge in [-0.15, -0.1) is 0 Å². The number of amides is 1. The third-order valence-electron chi connectivity index (χ3n) is 3.85. The van der Waals surface area contributed by atoms with Crippen molar-refractivity contribution in [1.29, 1.82) is 5.26 Å². The van der Waals surface area contributed by atoms with Crippen molar-refractivity contribution in [1.82, 2.24) is 0 Å². The first-order chi connectivity index (χ1) is 13.6. The summed E-state index contributed by atoms with van der Waals surface area (Å²) < 4.78 is 0. The lowest BCUT2D eigenvalue weighted by Crippen LogP contribution is -2.14. The maximum Gasteiger partial charge on any atom is 0.266 e. The predicted octanol–water partition coefficient (Wildman–Crippen LogP) is 6.28. The number of benzene rings is 3. The number of carbonyl (C=O) groups is 1. The first-order valence-corrected chi connectivity index (χ1v) is 9.12. The molecule has 0 saturated carbocycles. The van der Waals surface area contributed by atoms with Gasteiger partial charge in [0.25, 0.3) is 5.91 Å². The minimum Gasteiger partial charge on any atom is -0.356 e. The van der Waals surface area contributed by atoms with E-state index in [0.29, 0.717) is 10.0 Å². The van der Waals surface area contributed by atoms with Crippen molar-refractivity contribution in [3.05, 3.63) is 94.0 Å². The molecule has 0 spiro atoms. The molecule has 1 amide bonds. The number of nitriles is 1. The average Bonchev–Trinajstić information content (AvgIpc) is 2.71. The van der Waals surface area contributed by atoms with Gasteiger partial charge in [-0.1, -0.05) is 59.6 Å². The van der Waals surface area contributed by atoms with Crippen LogP contribution in [0.4, 0.5) is 17.1 Å².